The van der Waals surface area contributed by atoms with Crippen LogP contribution in [0.5, 0.6) is 0 Å². The highest BCUT2D eigenvalue weighted by atomic mass is 32.3. The molecule has 0 aliphatic carbocycles. The maximum atomic E-state index is 14.4. The molecule has 4 N–H and O–H groups in total. The summed E-state index contributed by atoms with van der Waals surface area (Å²) in [6.45, 7) is 1.00. The Labute approximate surface area is 154 Å². The van der Waals surface area contributed by atoms with Crippen LogP contribution >= 0.6 is 11.0 Å². The molecule has 0 spiro atoms. The van der Waals surface area contributed by atoms with Crippen LogP contribution in [-0.2, 0) is 6.54 Å². The van der Waals surface area contributed by atoms with Gasteiger partial charge >= 0.3 is 0 Å². The van der Waals surface area contributed by atoms with Crippen LogP contribution in [0.3, 0.4) is 0 Å². The van der Waals surface area contributed by atoms with Gasteiger partial charge in [0.2, 0.25) is 0 Å². The van der Waals surface area contributed by atoms with E-state index in [0.29, 0.717) is 25.2 Å². The highest BCUT2D eigenvalue weighted by Crippen LogP contribution is 2.58. The van der Waals surface area contributed by atoms with Crippen molar-refractivity contribution in [2.75, 3.05) is 24.4 Å². The molecular formula is C18H24FN3O3S. The number of aliphatic hydroxyl groups excluding tert-OH is 1. The zero-order valence-electron chi connectivity index (χ0n) is 14.5. The van der Waals surface area contributed by atoms with E-state index in [2.05, 4.69) is 5.32 Å². The van der Waals surface area contributed by atoms with Crippen molar-refractivity contribution in [3.05, 3.63) is 59.9 Å². The molecule has 6 nitrogen and oxygen atoms in total. The zero-order valence-corrected chi connectivity index (χ0v) is 15.4. The number of nitrogens with zero attached hydrogens (tertiary/aromatic N) is 2. The molecule has 2 aromatic carbocycles. The molecule has 26 heavy (non-hydrogen) atoms. The number of hydrogen-bond donors (Lipinski definition) is 4. The molecule has 0 radical (unpaired) electrons. The Morgan fingerprint density at radius 3 is 2.46 bits per heavy atom. The van der Waals surface area contributed by atoms with Gasteiger partial charge in [0.05, 0.1) is 17.5 Å². The lowest BCUT2D eigenvalue weighted by Crippen LogP contribution is -2.43. The fraction of sp³-hybridized carbons (Fsp3) is 0.333. The van der Waals surface area contributed by atoms with Crippen molar-refractivity contribution < 1.29 is 18.6 Å². The summed E-state index contributed by atoms with van der Waals surface area (Å²) in [7, 11) is -1.72. The number of hydrogen-bond acceptors (Lipinski definition) is 6. The fourth-order valence-corrected chi connectivity index (χ4v) is 4.82. The molecule has 1 atom stereocenters. The highest BCUT2D eigenvalue weighted by molar-refractivity contribution is 8.23. The number of anilines is 2. The first-order valence-corrected chi connectivity index (χ1v) is 9.90. The van der Waals surface area contributed by atoms with Crippen LogP contribution in [0.15, 0.2) is 48.5 Å². The number of likely N-dealkylation sites (N-methyl/N-ethyl adjacent to an activating group) is 1. The number of halogens is 1. The summed E-state index contributed by atoms with van der Waals surface area (Å²) in [6, 6.07) is 13.3. The second kappa shape index (κ2) is 7.91. The van der Waals surface area contributed by atoms with E-state index in [1.165, 1.54) is 20.7 Å². The van der Waals surface area contributed by atoms with Gasteiger partial charge in [-0.15, -0.1) is 0 Å². The van der Waals surface area contributed by atoms with Crippen LogP contribution in [-0.4, -0.2) is 44.8 Å². The van der Waals surface area contributed by atoms with Gasteiger partial charge in [0.1, 0.15) is 5.82 Å². The molecule has 0 bridgehead atoms. The summed E-state index contributed by atoms with van der Waals surface area (Å²) in [5.41, 5.74) is 1.55. The number of fused-ring (bicyclic) bond motifs is 1. The van der Waals surface area contributed by atoms with E-state index in [1.807, 2.05) is 12.1 Å². The van der Waals surface area contributed by atoms with Crippen LogP contribution in [0, 0.1) is 5.82 Å². The van der Waals surface area contributed by atoms with Crippen molar-refractivity contribution in [2.24, 2.45) is 0 Å². The van der Waals surface area contributed by atoms with Gasteiger partial charge in [-0.25, -0.2) is 8.70 Å². The van der Waals surface area contributed by atoms with Crippen LogP contribution < -0.4 is 9.62 Å². The third-order valence-electron chi connectivity index (χ3n) is 4.37. The molecule has 142 valence electrons. The van der Waals surface area contributed by atoms with Crippen LogP contribution in [0.4, 0.5) is 15.8 Å². The Bertz CT molecular complexity index is 762. The van der Waals surface area contributed by atoms with E-state index >= 15 is 0 Å². The molecule has 0 unspecified atom stereocenters. The Kier molecular flexibility index (Phi) is 5.81. The monoisotopic (exact) mass is 381 g/mol. The third-order valence-corrected chi connectivity index (χ3v) is 6.26. The molecule has 0 saturated heterocycles. The van der Waals surface area contributed by atoms with Gasteiger partial charge in [-0.1, -0.05) is 30.3 Å². The predicted octanol–water partition coefficient (Wildman–Crippen LogP) is 3.33. The lowest BCUT2D eigenvalue weighted by atomic mass is 10.1. The Morgan fingerprint density at radius 1 is 1.12 bits per heavy atom. The number of nitrogens with one attached hydrogen (secondary N) is 1. The van der Waals surface area contributed by atoms with Gasteiger partial charge in [-0.2, -0.15) is 4.31 Å². The summed E-state index contributed by atoms with van der Waals surface area (Å²) >= 11 is 0. The molecule has 2 aromatic rings. The lowest BCUT2D eigenvalue weighted by Gasteiger charge is -2.54. The molecule has 0 saturated carbocycles. The Balaban J connectivity index is 1.97. The first kappa shape index (κ1) is 19.1. The van der Waals surface area contributed by atoms with Crippen molar-refractivity contribution in [3.63, 3.8) is 0 Å². The average Bonchev–Trinajstić information content (AvgIpc) is 2.61. The summed E-state index contributed by atoms with van der Waals surface area (Å²) in [4.78, 5) is 0. The van der Waals surface area contributed by atoms with E-state index in [4.69, 9.17) is 0 Å². The maximum Gasteiger partial charge on any atom is 0.148 e. The van der Waals surface area contributed by atoms with Gasteiger partial charge in [0, 0.05) is 19.6 Å². The van der Waals surface area contributed by atoms with Crippen LogP contribution in [0.1, 0.15) is 12.0 Å². The largest absolute Gasteiger partial charge is 0.392 e. The van der Waals surface area contributed by atoms with Crippen molar-refractivity contribution in [2.45, 2.75) is 19.1 Å². The van der Waals surface area contributed by atoms with Crippen LogP contribution in [0.2, 0.25) is 0 Å². The van der Waals surface area contributed by atoms with Crippen molar-refractivity contribution >= 4 is 22.3 Å². The second-order valence-corrected chi connectivity index (χ2v) is 8.09. The predicted molar refractivity (Wildman–Crippen MR) is 103 cm³/mol. The second-order valence-electron chi connectivity index (χ2n) is 6.23. The average molecular weight is 381 g/mol. The third kappa shape index (κ3) is 3.71. The number of benzene rings is 2. The highest BCUT2D eigenvalue weighted by Gasteiger charge is 2.38. The topological polar surface area (TPSA) is 79.2 Å². The minimum atomic E-state index is -3.47. The molecule has 1 heterocycles. The minimum Gasteiger partial charge on any atom is -0.392 e. The normalized spacial score (nSPS) is 19.0. The zero-order chi connectivity index (χ0) is 18.7. The molecule has 3 rings (SSSR count). The number of rotatable bonds is 6. The summed E-state index contributed by atoms with van der Waals surface area (Å²) in [6.07, 6.45) is -0.237. The summed E-state index contributed by atoms with van der Waals surface area (Å²) in [5.74, 6) is -0.528. The molecular weight excluding hydrogens is 357 g/mol. The van der Waals surface area contributed by atoms with E-state index in [-0.39, 0.29) is 12.2 Å². The standard InChI is InChI=1S/C18H24FN3O3S/c1-20-12-15(23)10-11-21-13-14-6-2-4-8-17(14)22(26(21,24)25)18-9-5-3-7-16(18)19/h2-9,15,20,23-25H,10-13H2,1H3/t15-/m0/s1. The van der Waals surface area contributed by atoms with E-state index in [9.17, 15) is 18.6 Å². The van der Waals surface area contributed by atoms with Crippen molar-refractivity contribution in [1.82, 2.24) is 9.62 Å². The maximum absolute atomic E-state index is 14.4. The fourth-order valence-electron chi connectivity index (χ4n) is 3.08. The van der Waals surface area contributed by atoms with Gasteiger partial charge in [-0.05, 0) is 48.2 Å². The first-order valence-electron chi connectivity index (χ1n) is 8.44. The minimum absolute atomic E-state index is 0.112. The molecule has 1 aliphatic heterocycles. The van der Waals surface area contributed by atoms with Crippen molar-refractivity contribution in [1.29, 1.82) is 0 Å². The first-order chi connectivity index (χ1) is 12.4. The van der Waals surface area contributed by atoms with E-state index in [1.54, 1.807) is 31.3 Å². The molecule has 0 aromatic heterocycles. The van der Waals surface area contributed by atoms with E-state index in [0.717, 1.165) is 5.56 Å². The Hall–Kier alpha value is -1.68. The van der Waals surface area contributed by atoms with Gasteiger partial charge in [0.25, 0.3) is 0 Å². The lowest BCUT2D eigenvalue weighted by molar-refractivity contribution is 0.152. The summed E-state index contributed by atoms with van der Waals surface area (Å²) < 4.78 is 39.2. The number of para-hydroxylation sites is 2. The molecule has 8 heteroatoms. The SMILES string of the molecule is CNC[C@@H](O)CCN1Cc2ccccc2N(c2ccccc2F)S1(O)O. The number of aliphatic hydroxyl groups is 1. The molecule has 0 fully saturated rings. The van der Waals surface area contributed by atoms with Gasteiger partial charge in [0.15, 0.2) is 0 Å². The van der Waals surface area contributed by atoms with Crippen molar-refractivity contribution in [3.8, 4) is 0 Å². The molecule has 0 amide bonds. The quantitative estimate of drug-likeness (QED) is 0.615. The van der Waals surface area contributed by atoms with E-state index < -0.39 is 22.9 Å². The van der Waals surface area contributed by atoms with Crippen LogP contribution in [0.25, 0.3) is 0 Å². The summed E-state index contributed by atoms with van der Waals surface area (Å²) in [5, 5.41) is 12.8. The Morgan fingerprint density at radius 2 is 1.77 bits per heavy atom. The van der Waals surface area contributed by atoms with Gasteiger partial charge in [-0.3, -0.25) is 9.11 Å². The molecule has 1 aliphatic rings. The smallest absolute Gasteiger partial charge is 0.148 e. The van der Waals surface area contributed by atoms with Gasteiger partial charge < -0.3 is 10.4 Å².